The number of thioether (sulfide) groups is 1. The number of para-hydroxylation sites is 1. The Hall–Kier alpha value is -2.47. The zero-order chi connectivity index (χ0) is 19.2. The van der Waals surface area contributed by atoms with Gasteiger partial charge in [-0.3, -0.25) is 9.59 Å². The van der Waals surface area contributed by atoms with Gasteiger partial charge < -0.3 is 15.8 Å². The van der Waals surface area contributed by atoms with Crippen molar-refractivity contribution in [2.75, 3.05) is 18.2 Å². The molecule has 0 bridgehead atoms. The summed E-state index contributed by atoms with van der Waals surface area (Å²) in [6.07, 6.45) is 3.54. The van der Waals surface area contributed by atoms with Crippen LogP contribution >= 0.6 is 11.8 Å². The fourth-order valence-electron chi connectivity index (χ4n) is 3.50. The Morgan fingerprint density at radius 2 is 2.07 bits per heavy atom. The minimum atomic E-state index is -0.379. The van der Waals surface area contributed by atoms with E-state index in [1.807, 2.05) is 30.3 Å². The van der Waals surface area contributed by atoms with Crippen molar-refractivity contribution < 1.29 is 14.3 Å². The maximum absolute atomic E-state index is 12.7. The number of hydrogen-bond acceptors (Lipinski definition) is 4. The molecule has 0 saturated heterocycles. The number of ether oxygens (including phenoxy) is 1. The molecule has 2 aromatic carbocycles. The van der Waals surface area contributed by atoms with Crippen LogP contribution in [0.4, 0.5) is 5.69 Å². The molecule has 1 unspecified atom stereocenters. The number of rotatable bonds is 7. The first kappa shape index (κ1) is 19.3. The number of nitrogens with one attached hydrogen (secondary N) is 1. The van der Waals surface area contributed by atoms with Gasteiger partial charge in [-0.05, 0) is 60.6 Å². The van der Waals surface area contributed by atoms with Crippen molar-refractivity contribution in [2.45, 2.75) is 36.5 Å². The summed E-state index contributed by atoms with van der Waals surface area (Å²) in [4.78, 5) is 24.5. The molecular formula is C21H24N2O3S. The third kappa shape index (κ3) is 5.04. The van der Waals surface area contributed by atoms with Crippen LogP contribution in [0.3, 0.4) is 0 Å². The standard InChI is InChI=1S/C21H24N2O3S/c1-26-16-9-10-17-14(11-16)5-4-6-15(17)12-21(25)23-18-7-2-3-8-19(18)27-13-20(22)24/h2-3,7-11,15H,4-6,12-13H2,1H3,(H2,22,24)(H,23,25). The normalized spacial score (nSPS) is 15.7. The van der Waals surface area contributed by atoms with Crippen molar-refractivity contribution >= 4 is 29.3 Å². The molecule has 0 saturated carbocycles. The molecule has 3 N–H and O–H groups in total. The maximum Gasteiger partial charge on any atom is 0.227 e. The number of primary amides is 1. The molecule has 2 aromatic rings. The van der Waals surface area contributed by atoms with Crippen LogP contribution < -0.4 is 15.8 Å². The van der Waals surface area contributed by atoms with Crippen LogP contribution in [0.5, 0.6) is 5.75 Å². The second-order valence-corrected chi connectivity index (χ2v) is 7.67. The number of amides is 2. The van der Waals surface area contributed by atoms with Crippen LogP contribution in [0.1, 0.15) is 36.3 Å². The summed E-state index contributed by atoms with van der Waals surface area (Å²) in [6, 6.07) is 13.6. The Bertz CT molecular complexity index is 838. The molecule has 0 fully saturated rings. The fraction of sp³-hybridized carbons (Fsp3) is 0.333. The second kappa shape index (κ2) is 8.95. The number of aryl methyl sites for hydroxylation is 1. The molecule has 1 atom stereocenters. The molecule has 142 valence electrons. The molecule has 0 aliphatic heterocycles. The quantitative estimate of drug-likeness (QED) is 0.713. The number of benzene rings is 2. The number of anilines is 1. The van der Waals surface area contributed by atoms with Crippen LogP contribution in [-0.2, 0) is 16.0 Å². The van der Waals surface area contributed by atoms with Crippen molar-refractivity contribution in [3.8, 4) is 5.75 Å². The number of carbonyl (C=O) groups excluding carboxylic acids is 2. The predicted octanol–water partition coefficient (Wildman–Crippen LogP) is 3.72. The lowest BCUT2D eigenvalue weighted by atomic mass is 9.81. The van der Waals surface area contributed by atoms with Crippen LogP contribution in [0, 0.1) is 0 Å². The summed E-state index contributed by atoms with van der Waals surface area (Å²) in [5.41, 5.74) is 8.46. The highest BCUT2D eigenvalue weighted by molar-refractivity contribution is 8.00. The first-order chi connectivity index (χ1) is 13.1. The number of methoxy groups -OCH3 is 1. The molecule has 0 radical (unpaired) electrons. The molecule has 6 heteroatoms. The SMILES string of the molecule is COc1ccc2c(c1)CCCC2CC(=O)Nc1ccccc1SCC(N)=O. The molecule has 1 aliphatic rings. The van der Waals surface area contributed by atoms with Crippen molar-refractivity contribution in [2.24, 2.45) is 5.73 Å². The zero-order valence-corrected chi connectivity index (χ0v) is 16.2. The maximum atomic E-state index is 12.7. The van der Waals surface area contributed by atoms with Gasteiger partial charge in [0.15, 0.2) is 0 Å². The van der Waals surface area contributed by atoms with E-state index < -0.39 is 0 Å². The van der Waals surface area contributed by atoms with Crippen LogP contribution in [-0.4, -0.2) is 24.7 Å². The van der Waals surface area contributed by atoms with Gasteiger partial charge in [0.2, 0.25) is 11.8 Å². The van der Waals surface area contributed by atoms with Crippen LogP contribution in [0.15, 0.2) is 47.4 Å². The summed E-state index contributed by atoms with van der Waals surface area (Å²) in [7, 11) is 1.67. The summed E-state index contributed by atoms with van der Waals surface area (Å²) < 4.78 is 5.31. The van der Waals surface area contributed by atoms with Gasteiger partial charge in [0, 0.05) is 11.3 Å². The third-order valence-electron chi connectivity index (χ3n) is 4.75. The van der Waals surface area contributed by atoms with E-state index in [1.54, 1.807) is 7.11 Å². The highest BCUT2D eigenvalue weighted by atomic mass is 32.2. The zero-order valence-electron chi connectivity index (χ0n) is 15.4. The topological polar surface area (TPSA) is 81.4 Å². The Balaban J connectivity index is 1.68. The van der Waals surface area contributed by atoms with E-state index in [0.717, 1.165) is 35.6 Å². The van der Waals surface area contributed by atoms with Gasteiger partial charge >= 0.3 is 0 Å². The minimum absolute atomic E-state index is 0.0178. The average Bonchev–Trinajstić information content (AvgIpc) is 2.67. The largest absolute Gasteiger partial charge is 0.497 e. The van der Waals surface area contributed by atoms with Gasteiger partial charge in [-0.2, -0.15) is 0 Å². The van der Waals surface area contributed by atoms with Crippen LogP contribution in [0.2, 0.25) is 0 Å². The lowest BCUT2D eigenvalue weighted by Gasteiger charge is -2.25. The van der Waals surface area contributed by atoms with Crippen molar-refractivity contribution in [1.82, 2.24) is 0 Å². The second-order valence-electron chi connectivity index (χ2n) is 6.66. The first-order valence-corrected chi connectivity index (χ1v) is 10.0. The monoisotopic (exact) mass is 384 g/mol. The molecule has 3 rings (SSSR count). The lowest BCUT2D eigenvalue weighted by molar-refractivity contribution is -0.117. The summed E-state index contributed by atoms with van der Waals surface area (Å²) in [5, 5.41) is 3.00. The smallest absolute Gasteiger partial charge is 0.227 e. The molecule has 5 nitrogen and oxygen atoms in total. The van der Waals surface area contributed by atoms with Gasteiger partial charge in [-0.1, -0.05) is 18.2 Å². The van der Waals surface area contributed by atoms with E-state index in [1.165, 1.54) is 22.9 Å². The van der Waals surface area contributed by atoms with Gasteiger partial charge in [0.05, 0.1) is 18.6 Å². The molecule has 0 heterocycles. The number of carbonyl (C=O) groups is 2. The van der Waals surface area contributed by atoms with Crippen LogP contribution in [0.25, 0.3) is 0 Å². The fourth-order valence-corrected chi connectivity index (χ4v) is 4.25. The first-order valence-electron chi connectivity index (χ1n) is 9.03. The van der Waals surface area contributed by atoms with Crippen molar-refractivity contribution in [3.05, 3.63) is 53.6 Å². The van der Waals surface area contributed by atoms with E-state index in [2.05, 4.69) is 17.4 Å². The number of hydrogen-bond donors (Lipinski definition) is 2. The highest BCUT2D eigenvalue weighted by Gasteiger charge is 2.23. The Morgan fingerprint density at radius 3 is 2.85 bits per heavy atom. The van der Waals surface area contributed by atoms with E-state index in [9.17, 15) is 9.59 Å². The van der Waals surface area contributed by atoms with Gasteiger partial charge in [-0.15, -0.1) is 11.8 Å². The average molecular weight is 385 g/mol. The molecule has 1 aliphatic carbocycles. The summed E-state index contributed by atoms with van der Waals surface area (Å²) in [5.74, 6) is 0.862. The van der Waals surface area contributed by atoms with E-state index in [0.29, 0.717) is 6.42 Å². The molecule has 0 aromatic heterocycles. The Labute approximate surface area is 163 Å². The van der Waals surface area contributed by atoms with Crippen molar-refractivity contribution in [1.29, 1.82) is 0 Å². The Kier molecular flexibility index (Phi) is 6.40. The lowest BCUT2D eigenvalue weighted by Crippen LogP contribution is -2.19. The molecule has 2 amide bonds. The summed E-state index contributed by atoms with van der Waals surface area (Å²) >= 11 is 1.33. The predicted molar refractivity (Wildman–Crippen MR) is 108 cm³/mol. The molecular weight excluding hydrogens is 360 g/mol. The summed E-state index contributed by atoms with van der Waals surface area (Å²) in [6.45, 7) is 0. The van der Waals surface area contributed by atoms with E-state index in [-0.39, 0.29) is 23.5 Å². The number of nitrogens with two attached hydrogens (primary N) is 1. The molecule has 0 spiro atoms. The van der Waals surface area contributed by atoms with E-state index in [4.69, 9.17) is 10.5 Å². The van der Waals surface area contributed by atoms with Gasteiger partial charge in [0.1, 0.15) is 5.75 Å². The third-order valence-corrected chi connectivity index (χ3v) is 5.85. The minimum Gasteiger partial charge on any atom is -0.497 e. The van der Waals surface area contributed by atoms with Crippen molar-refractivity contribution in [3.63, 3.8) is 0 Å². The molecule has 27 heavy (non-hydrogen) atoms. The highest BCUT2D eigenvalue weighted by Crippen LogP contribution is 2.36. The van der Waals surface area contributed by atoms with E-state index >= 15 is 0 Å². The van der Waals surface area contributed by atoms with Gasteiger partial charge in [0.25, 0.3) is 0 Å². The Morgan fingerprint density at radius 1 is 1.26 bits per heavy atom. The number of fused-ring (bicyclic) bond motifs is 1. The van der Waals surface area contributed by atoms with Gasteiger partial charge in [-0.25, -0.2) is 0 Å².